The van der Waals surface area contributed by atoms with Gasteiger partial charge in [-0.05, 0) is 55.3 Å². The van der Waals surface area contributed by atoms with E-state index in [1.165, 1.54) is 18.2 Å². The number of sulfonamides is 1. The van der Waals surface area contributed by atoms with Crippen molar-refractivity contribution in [3.63, 3.8) is 0 Å². The molecule has 2 aromatic carbocycles. The molecule has 158 valence electrons. The van der Waals surface area contributed by atoms with Crippen LogP contribution >= 0.6 is 11.6 Å². The van der Waals surface area contributed by atoms with Crippen molar-refractivity contribution < 1.29 is 26.4 Å². The lowest BCUT2D eigenvalue weighted by atomic mass is 10.1. The van der Waals surface area contributed by atoms with E-state index < -0.39 is 27.7 Å². The Bertz CT molecular complexity index is 1140. The van der Waals surface area contributed by atoms with E-state index >= 15 is 0 Å². The maximum absolute atomic E-state index is 12.7. The predicted octanol–water partition coefficient (Wildman–Crippen LogP) is 3.94. The van der Waals surface area contributed by atoms with Crippen LogP contribution in [0.2, 0.25) is 5.02 Å². The quantitative estimate of drug-likeness (QED) is 0.738. The third-order valence-corrected chi connectivity index (χ3v) is 6.52. The fourth-order valence-electron chi connectivity index (χ4n) is 2.95. The van der Waals surface area contributed by atoms with Gasteiger partial charge < -0.3 is 0 Å². The van der Waals surface area contributed by atoms with E-state index in [1.54, 1.807) is 0 Å². The Kier molecular flexibility index (Phi) is 5.11. The zero-order chi connectivity index (χ0) is 21.7. The van der Waals surface area contributed by atoms with E-state index in [-0.39, 0.29) is 39.3 Å². The van der Waals surface area contributed by atoms with Gasteiger partial charge in [-0.3, -0.25) is 4.79 Å². The highest BCUT2D eigenvalue weighted by Crippen LogP contribution is 2.32. The Morgan fingerprint density at radius 1 is 1.10 bits per heavy atom. The topological polar surface area (TPSA) is 78.8 Å². The van der Waals surface area contributed by atoms with Crippen LogP contribution in [0.15, 0.2) is 52.5 Å². The number of nitrogens with zero attached hydrogens (tertiary/aromatic N) is 2. The van der Waals surface area contributed by atoms with Crippen molar-refractivity contribution in [1.82, 2.24) is 4.72 Å². The lowest BCUT2D eigenvalue weighted by Gasteiger charge is -2.13. The first kappa shape index (κ1) is 20.8. The number of carbonyl (C=O) groups is 1. The molecule has 0 radical (unpaired) electrons. The Morgan fingerprint density at radius 3 is 2.37 bits per heavy atom. The summed E-state index contributed by atoms with van der Waals surface area (Å²) in [7, 11) is -3.73. The van der Waals surface area contributed by atoms with Crippen LogP contribution in [0, 0.1) is 0 Å². The molecule has 0 atom stereocenters. The molecule has 2 aliphatic rings. The van der Waals surface area contributed by atoms with Gasteiger partial charge in [0.05, 0.1) is 28.3 Å². The summed E-state index contributed by atoms with van der Waals surface area (Å²) in [5, 5.41) is 5.37. The minimum absolute atomic E-state index is 0.00284. The van der Waals surface area contributed by atoms with Crippen molar-refractivity contribution in [3.8, 4) is 0 Å². The number of hydrazone groups is 1. The summed E-state index contributed by atoms with van der Waals surface area (Å²) >= 11 is 6.21. The van der Waals surface area contributed by atoms with Crippen molar-refractivity contribution in [2.75, 3.05) is 5.01 Å². The van der Waals surface area contributed by atoms with Gasteiger partial charge in [-0.25, -0.2) is 18.1 Å². The number of alkyl halides is 3. The summed E-state index contributed by atoms with van der Waals surface area (Å²) in [4.78, 5) is 12.4. The normalized spacial score (nSPS) is 17.4. The fraction of sp³-hybridized carbons (Fsp3) is 0.263. The standard InChI is InChI=1S/C19H15ClF3N3O3S/c20-16-8-7-14(30(28,29)25-12-3-4-12)9-15(16)17-10-18(27)26(24-17)13-5-1-11(2-6-13)19(21,22)23/h1-2,5-9,12,25H,3-4,10H2. The summed E-state index contributed by atoms with van der Waals surface area (Å²) in [5.41, 5.74) is -0.170. The van der Waals surface area contributed by atoms with Crippen molar-refractivity contribution in [2.24, 2.45) is 5.10 Å². The number of halogens is 4. The van der Waals surface area contributed by atoms with Crippen LogP contribution in [0.5, 0.6) is 0 Å². The Hall–Kier alpha value is -2.43. The Labute approximate surface area is 175 Å². The molecule has 0 bridgehead atoms. The van der Waals surface area contributed by atoms with Crippen molar-refractivity contribution in [2.45, 2.75) is 36.4 Å². The average molecular weight is 458 g/mol. The minimum atomic E-state index is -4.49. The molecule has 1 aliphatic carbocycles. The molecule has 2 aromatic rings. The first-order valence-electron chi connectivity index (χ1n) is 8.94. The molecule has 0 unspecified atom stereocenters. The number of rotatable bonds is 5. The molecule has 1 aliphatic heterocycles. The van der Waals surface area contributed by atoms with Gasteiger partial charge in [-0.2, -0.15) is 18.3 Å². The van der Waals surface area contributed by atoms with Gasteiger partial charge in [0.1, 0.15) is 0 Å². The fourth-order valence-corrected chi connectivity index (χ4v) is 4.51. The van der Waals surface area contributed by atoms with Crippen molar-refractivity contribution in [1.29, 1.82) is 0 Å². The van der Waals surface area contributed by atoms with E-state index in [2.05, 4.69) is 9.82 Å². The number of nitrogens with one attached hydrogen (secondary N) is 1. The highest BCUT2D eigenvalue weighted by Gasteiger charge is 2.33. The molecule has 6 nitrogen and oxygen atoms in total. The van der Waals surface area contributed by atoms with E-state index in [0.29, 0.717) is 0 Å². The molecule has 11 heteroatoms. The molecule has 4 rings (SSSR count). The lowest BCUT2D eigenvalue weighted by molar-refractivity contribution is -0.137. The third kappa shape index (κ3) is 4.21. The lowest BCUT2D eigenvalue weighted by Crippen LogP contribution is -2.25. The van der Waals surface area contributed by atoms with Gasteiger partial charge in [0, 0.05) is 16.6 Å². The third-order valence-electron chi connectivity index (χ3n) is 4.67. The second-order valence-electron chi connectivity index (χ2n) is 7.01. The summed E-state index contributed by atoms with van der Waals surface area (Å²) in [6.07, 6.45) is -3.10. The van der Waals surface area contributed by atoms with Gasteiger partial charge in [-0.1, -0.05) is 11.6 Å². The maximum atomic E-state index is 12.7. The number of anilines is 1. The minimum Gasteiger partial charge on any atom is -0.272 e. The summed E-state index contributed by atoms with van der Waals surface area (Å²) < 4.78 is 65.7. The largest absolute Gasteiger partial charge is 0.416 e. The molecule has 1 N–H and O–H groups in total. The average Bonchev–Trinajstić information content (AvgIpc) is 3.39. The van der Waals surface area contributed by atoms with Crippen LogP contribution in [0.3, 0.4) is 0 Å². The second kappa shape index (κ2) is 7.36. The Morgan fingerprint density at radius 2 is 1.77 bits per heavy atom. The highest BCUT2D eigenvalue weighted by atomic mass is 35.5. The zero-order valence-corrected chi connectivity index (χ0v) is 16.9. The number of hydrogen-bond donors (Lipinski definition) is 1. The van der Waals surface area contributed by atoms with Crippen LogP contribution in [0.4, 0.5) is 18.9 Å². The molecule has 0 aromatic heterocycles. The summed E-state index contributed by atoms with van der Waals surface area (Å²) in [6.45, 7) is 0. The molecule has 1 amide bonds. The van der Waals surface area contributed by atoms with E-state index in [0.717, 1.165) is 42.1 Å². The smallest absolute Gasteiger partial charge is 0.272 e. The van der Waals surface area contributed by atoms with Gasteiger partial charge in [-0.15, -0.1) is 0 Å². The second-order valence-corrected chi connectivity index (χ2v) is 9.13. The van der Waals surface area contributed by atoms with Crippen molar-refractivity contribution >= 4 is 38.9 Å². The van der Waals surface area contributed by atoms with Gasteiger partial charge in [0.25, 0.3) is 5.91 Å². The van der Waals surface area contributed by atoms with E-state index in [4.69, 9.17) is 11.6 Å². The van der Waals surface area contributed by atoms with Gasteiger partial charge >= 0.3 is 6.18 Å². The van der Waals surface area contributed by atoms with Crippen LogP contribution < -0.4 is 9.73 Å². The highest BCUT2D eigenvalue weighted by molar-refractivity contribution is 7.89. The number of amides is 1. The molecular formula is C19H15ClF3N3O3S. The van der Waals surface area contributed by atoms with Crippen molar-refractivity contribution in [3.05, 3.63) is 58.6 Å². The molecule has 0 saturated heterocycles. The summed E-state index contributed by atoms with van der Waals surface area (Å²) in [5.74, 6) is -0.467. The summed E-state index contributed by atoms with van der Waals surface area (Å²) in [6, 6.07) is 8.06. The van der Waals surface area contributed by atoms with Crippen LogP contribution in [0.1, 0.15) is 30.4 Å². The van der Waals surface area contributed by atoms with E-state index in [9.17, 15) is 26.4 Å². The SMILES string of the molecule is O=C1CC(c2cc(S(=O)(=O)NC3CC3)ccc2Cl)=NN1c1ccc(C(F)(F)F)cc1. The molecule has 0 spiro atoms. The van der Waals surface area contributed by atoms with Crippen LogP contribution in [-0.2, 0) is 21.0 Å². The first-order valence-corrected chi connectivity index (χ1v) is 10.8. The number of hydrogen-bond acceptors (Lipinski definition) is 4. The first-order chi connectivity index (χ1) is 14.0. The monoisotopic (exact) mass is 457 g/mol. The van der Waals surface area contributed by atoms with Gasteiger partial charge in [0.15, 0.2) is 0 Å². The molecule has 1 saturated carbocycles. The molecule has 30 heavy (non-hydrogen) atoms. The molecule has 1 heterocycles. The van der Waals surface area contributed by atoms with Gasteiger partial charge in [0.2, 0.25) is 10.0 Å². The van der Waals surface area contributed by atoms with Crippen LogP contribution in [-0.4, -0.2) is 26.1 Å². The van der Waals surface area contributed by atoms with E-state index in [1.807, 2.05) is 0 Å². The Balaban J connectivity index is 1.64. The molecular weight excluding hydrogens is 443 g/mol. The zero-order valence-electron chi connectivity index (χ0n) is 15.3. The maximum Gasteiger partial charge on any atom is 0.416 e. The number of carbonyl (C=O) groups excluding carboxylic acids is 1. The molecule has 1 fully saturated rings. The predicted molar refractivity (Wildman–Crippen MR) is 105 cm³/mol. The number of benzene rings is 2. The van der Waals surface area contributed by atoms with Crippen LogP contribution in [0.25, 0.3) is 0 Å².